The number of hydrogen-bond donors (Lipinski definition) is 1. The molecule has 0 saturated carbocycles. The van der Waals surface area contributed by atoms with Gasteiger partial charge in [0, 0.05) is 18.5 Å². The molecular weight excluding hydrogens is 180 g/mol. The van der Waals surface area contributed by atoms with Crippen LogP contribution in [0.3, 0.4) is 0 Å². The number of benzene rings is 1. The van der Waals surface area contributed by atoms with Crippen LogP contribution in [0.5, 0.6) is 11.5 Å². The molecule has 0 radical (unpaired) electrons. The summed E-state index contributed by atoms with van der Waals surface area (Å²) in [5.41, 5.74) is 0.848. The summed E-state index contributed by atoms with van der Waals surface area (Å²) in [6, 6.07) is 5.19. The molecule has 0 fully saturated rings. The minimum atomic E-state index is 0.124. The summed E-state index contributed by atoms with van der Waals surface area (Å²) in [5, 5.41) is 9.53. The van der Waals surface area contributed by atoms with Crippen LogP contribution in [0.25, 0.3) is 5.69 Å². The number of nitrogens with zero attached hydrogens (tertiary/aromatic N) is 2. The normalized spacial score (nSPS) is 10.1. The molecule has 2 aromatic rings. The van der Waals surface area contributed by atoms with Crippen LogP contribution < -0.4 is 4.74 Å². The summed E-state index contributed by atoms with van der Waals surface area (Å²) in [6.07, 6.45) is 5.16. The number of phenolic OH excluding ortho intramolecular Hbond substituents is 1. The molecule has 0 aliphatic rings. The molecule has 4 heteroatoms. The van der Waals surface area contributed by atoms with E-state index in [0.717, 1.165) is 5.69 Å². The molecule has 1 heterocycles. The molecule has 4 nitrogen and oxygen atoms in total. The zero-order valence-electron chi connectivity index (χ0n) is 7.71. The SMILES string of the molecule is COc1ccc(-n2ccnc2)cc1O. The van der Waals surface area contributed by atoms with Gasteiger partial charge in [0.05, 0.1) is 19.1 Å². The molecule has 72 valence electrons. The number of rotatable bonds is 2. The van der Waals surface area contributed by atoms with Crippen LogP contribution in [0, 0.1) is 0 Å². The number of aromatic nitrogens is 2. The minimum Gasteiger partial charge on any atom is -0.504 e. The number of imidazole rings is 1. The van der Waals surface area contributed by atoms with Gasteiger partial charge in [0.25, 0.3) is 0 Å². The highest BCUT2D eigenvalue weighted by Crippen LogP contribution is 2.27. The van der Waals surface area contributed by atoms with Crippen LogP contribution in [-0.4, -0.2) is 21.8 Å². The molecule has 1 aromatic carbocycles. The van der Waals surface area contributed by atoms with Crippen molar-refractivity contribution in [3.05, 3.63) is 36.9 Å². The van der Waals surface area contributed by atoms with Crippen molar-refractivity contribution in [2.75, 3.05) is 7.11 Å². The second kappa shape index (κ2) is 3.41. The van der Waals surface area contributed by atoms with Crippen LogP contribution in [0.4, 0.5) is 0 Å². The van der Waals surface area contributed by atoms with Crippen molar-refractivity contribution < 1.29 is 9.84 Å². The molecular formula is C10H10N2O2. The third-order valence-electron chi connectivity index (χ3n) is 1.96. The minimum absolute atomic E-state index is 0.124. The molecule has 0 spiro atoms. The average Bonchev–Trinajstić information content (AvgIpc) is 2.70. The molecule has 2 rings (SSSR count). The van der Waals surface area contributed by atoms with Gasteiger partial charge in [0.2, 0.25) is 0 Å². The van der Waals surface area contributed by atoms with Gasteiger partial charge in [-0.3, -0.25) is 0 Å². The Kier molecular flexibility index (Phi) is 2.10. The number of ether oxygens (including phenoxy) is 1. The Morgan fingerprint density at radius 3 is 2.86 bits per heavy atom. The maximum atomic E-state index is 9.53. The fourth-order valence-electron chi connectivity index (χ4n) is 1.25. The van der Waals surface area contributed by atoms with Crippen LogP contribution in [0.2, 0.25) is 0 Å². The van der Waals surface area contributed by atoms with E-state index >= 15 is 0 Å². The number of methoxy groups -OCH3 is 1. The lowest BCUT2D eigenvalue weighted by Crippen LogP contribution is -1.90. The van der Waals surface area contributed by atoms with Crippen molar-refractivity contribution in [1.82, 2.24) is 9.55 Å². The van der Waals surface area contributed by atoms with Crippen molar-refractivity contribution in [2.45, 2.75) is 0 Å². The summed E-state index contributed by atoms with van der Waals surface area (Å²) in [5.74, 6) is 0.590. The smallest absolute Gasteiger partial charge is 0.160 e. The lowest BCUT2D eigenvalue weighted by molar-refractivity contribution is 0.373. The zero-order valence-corrected chi connectivity index (χ0v) is 7.71. The van der Waals surface area contributed by atoms with Gasteiger partial charge < -0.3 is 14.4 Å². The first kappa shape index (κ1) is 8.62. The predicted octanol–water partition coefficient (Wildman–Crippen LogP) is 1.59. The Balaban J connectivity index is 2.43. The van der Waals surface area contributed by atoms with Gasteiger partial charge in [-0.05, 0) is 12.1 Å². The van der Waals surface area contributed by atoms with E-state index in [4.69, 9.17) is 4.74 Å². The average molecular weight is 190 g/mol. The molecule has 0 aliphatic carbocycles. The van der Waals surface area contributed by atoms with E-state index in [1.54, 1.807) is 35.4 Å². The largest absolute Gasteiger partial charge is 0.504 e. The lowest BCUT2D eigenvalue weighted by Gasteiger charge is -2.06. The van der Waals surface area contributed by atoms with Crippen LogP contribution in [0.1, 0.15) is 0 Å². The Morgan fingerprint density at radius 2 is 2.29 bits per heavy atom. The quantitative estimate of drug-likeness (QED) is 0.782. The van der Waals surface area contributed by atoms with Gasteiger partial charge >= 0.3 is 0 Å². The summed E-state index contributed by atoms with van der Waals surface area (Å²) in [7, 11) is 1.52. The van der Waals surface area contributed by atoms with E-state index < -0.39 is 0 Å². The van der Waals surface area contributed by atoms with Gasteiger partial charge in [-0.15, -0.1) is 0 Å². The Morgan fingerprint density at radius 1 is 1.43 bits per heavy atom. The molecule has 0 unspecified atom stereocenters. The van der Waals surface area contributed by atoms with Crippen molar-refractivity contribution in [2.24, 2.45) is 0 Å². The van der Waals surface area contributed by atoms with Crippen molar-refractivity contribution in [3.8, 4) is 17.2 Å². The highest BCUT2D eigenvalue weighted by atomic mass is 16.5. The Hall–Kier alpha value is -1.97. The molecule has 0 amide bonds. The van der Waals surface area contributed by atoms with Crippen molar-refractivity contribution >= 4 is 0 Å². The standard InChI is InChI=1S/C10H10N2O2/c1-14-10-3-2-8(6-9(10)13)12-5-4-11-7-12/h2-7,13H,1H3. The first-order valence-corrected chi connectivity index (χ1v) is 4.16. The highest BCUT2D eigenvalue weighted by molar-refractivity contribution is 5.47. The van der Waals surface area contributed by atoms with E-state index in [1.165, 1.54) is 7.11 Å². The second-order valence-electron chi connectivity index (χ2n) is 2.83. The predicted molar refractivity (Wildman–Crippen MR) is 51.8 cm³/mol. The van der Waals surface area contributed by atoms with E-state index in [1.807, 2.05) is 6.07 Å². The fourth-order valence-corrected chi connectivity index (χ4v) is 1.25. The molecule has 1 N–H and O–H groups in total. The van der Waals surface area contributed by atoms with E-state index in [9.17, 15) is 5.11 Å². The van der Waals surface area contributed by atoms with Gasteiger partial charge in [0.1, 0.15) is 0 Å². The maximum Gasteiger partial charge on any atom is 0.160 e. The third kappa shape index (κ3) is 1.42. The lowest BCUT2D eigenvalue weighted by atomic mass is 10.3. The molecule has 0 bridgehead atoms. The van der Waals surface area contributed by atoms with Gasteiger partial charge in [-0.1, -0.05) is 0 Å². The number of phenols is 1. The van der Waals surface area contributed by atoms with Crippen LogP contribution in [-0.2, 0) is 0 Å². The van der Waals surface area contributed by atoms with Gasteiger partial charge in [-0.2, -0.15) is 0 Å². The summed E-state index contributed by atoms with van der Waals surface area (Å²) in [6.45, 7) is 0. The zero-order chi connectivity index (χ0) is 9.97. The first-order valence-electron chi connectivity index (χ1n) is 4.16. The Bertz CT molecular complexity index is 424. The van der Waals surface area contributed by atoms with Crippen molar-refractivity contribution in [1.29, 1.82) is 0 Å². The monoisotopic (exact) mass is 190 g/mol. The topological polar surface area (TPSA) is 47.3 Å². The molecule has 0 atom stereocenters. The fraction of sp³-hybridized carbons (Fsp3) is 0.100. The first-order chi connectivity index (χ1) is 6.81. The number of hydrogen-bond acceptors (Lipinski definition) is 3. The molecule has 0 saturated heterocycles. The summed E-state index contributed by atoms with van der Waals surface area (Å²) in [4.78, 5) is 3.92. The van der Waals surface area contributed by atoms with E-state index in [0.29, 0.717) is 5.75 Å². The number of aromatic hydroxyl groups is 1. The highest BCUT2D eigenvalue weighted by Gasteiger charge is 2.02. The van der Waals surface area contributed by atoms with Crippen LogP contribution in [0.15, 0.2) is 36.9 Å². The van der Waals surface area contributed by atoms with Crippen molar-refractivity contribution in [3.63, 3.8) is 0 Å². The maximum absolute atomic E-state index is 9.53. The third-order valence-corrected chi connectivity index (χ3v) is 1.96. The summed E-state index contributed by atoms with van der Waals surface area (Å²) < 4.78 is 6.75. The molecule has 14 heavy (non-hydrogen) atoms. The Labute approximate surface area is 81.4 Å². The van der Waals surface area contributed by atoms with Gasteiger partial charge in [-0.25, -0.2) is 4.98 Å². The molecule has 0 aliphatic heterocycles. The van der Waals surface area contributed by atoms with Gasteiger partial charge in [0.15, 0.2) is 11.5 Å². The van der Waals surface area contributed by atoms with E-state index in [2.05, 4.69) is 4.98 Å². The van der Waals surface area contributed by atoms with Crippen LogP contribution >= 0.6 is 0 Å². The second-order valence-corrected chi connectivity index (χ2v) is 2.83. The van der Waals surface area contributed by atoms with E-state index in [-0.39, 0.29) is 5.75 Å². The summed E-state index contributed by atoms with van der Waals surface area (Å²) >= 11 is 0. The molecule has 1 aromatic heterocycles.